The average Bonchev–Trinajstić information content (AvgIpc) is 2.52. The molecule has 0 bridgehead atoms. The molecule has 4 nitrogen and oxygen atoms in total. The lowest BCUT2D eigenvalue weighted by molar-refractivity contribution is 0.0972. The lowest BCUT2D eigenvalue weighted by atomic mass is 9.81. The number of benzene rings is 2. The van der Waals surface area contributed by atoms with Crippen LogP contribution in [0.3, 0.4) is 0 Å². The van der Waals surface area contributed by atoms with Gasteiger partial charge in [-0.2, -0.15) is 0 Å². The number of hydrogen-bond donors (Lipinski definition) is 0. The minimum atomic E-state index is -0.683. The Bertz CT molecular complexity index is 820. The second-order valence-electron chi connectivity index (χ2n) is 5.00. The van der Waals surface area contributed by atoms with Crippen molar-refractivity contribution in [2.24, 2.45) is 0 Å². The van der Waals surface area contributed by atoms with Crippen LogP contribution in [0.15, 0.2) is 24.3 Å². The van der Waals surface area contributed by atoms with Gasteiger partial charge in [0, 0.05) is 11.1 Å². The fourth-order valence-corrected chi connectivity index (χ4v) is 2.81. The van der Waals surface area contributed by atoms with Gasteiger partial charge in [0.1, 0.15) is 5.75 Å². The summed E-state index contributed by atoms with van der Waals surface area (Å²) in [6, 6.07) is 5.78. The zero-order chi connectivity index (χ0) is 16.0. The largest absolute Gasteiger partial charge is 0.496 e. The first-order valence-electron chi connectivity index (χ1n) is 6.64. The molecule has 112 valence electrons. The Morgan fingerprint density at radius 1 is 0.864 bits per heavy atom. The van der Waals surface area contributed by atoms with E-state index in [-0.39, 0.29) is 34.0 Å². The van der Waals surface area contributed by atoms with Crippen LogP contribution in [0.1, 0.15) is 37.4 Å². The molecule has 0 N–H and O–H groups in total. The van der Waals surface area contributed by atoms with E-state index in [4.69, 9.17) is 9.47 Å². The number of ether oxygens (including phenoxy) is 2. The number of aryl methyl sites for hydroxylation is 1. The van der Waals surface area contributed by atoms with Crippen molar-refractivity contribution in [3.8, 4) is 11.5 Å². The van der Waals surface area contributed by atoms with Crippen molar-refractivity contribution in [1.82, 2.24) is 0 Å². The van der Waals surface area contributed by atoms with Crippen LogP contribution in [-0.4, -0.2) is 25.8 Å². The molecule has 2 aromatic carbocycles. The third kappa shape index (κ3) is 1.75. The minimum Gasteiger partial charge on any atom is -0.496 e. The summed E-state index contributed by atoms with van der Waals surface area (Å²) in [5.41, 5.74) is 1.22. The van der Waals surface area contributed by atoms with E-state index < -0.39 is 11.6 Å². The maximum Gasteiger partial charge on any atom is 0.202 e. The van der Waals surface area contributed by atoms with Crippen LogP contribution in [-0.2, 0) is 0 Å². The summed E-state index contributed by atoms with van der Waals surface area (Å²) in [5.74, 6) is -1.42. The van der Waals surface area contributed by atoms with E-state index in [0.29, 0.717) is 11.1 Å². The second-order valence-corrected chi connectivity index (χ2v) is 5.00. The zero-order valence-electron chi connectivity index (χ0n) is 12.3. The minimum absolute atomic E-state index is 0.0519. The maximum atomic E-state index is 13.9. The third-order valence-electron chi connectivity index (χ3n) is 3.83. The Balaban J connectivity index is 2.41. The quantitative estimate of drug-likeness (QED) is 0.730. The fraction of sp³-hybridized carbons (Fsp3) is 0.176. The third-order valence-corrected chi connectivity index (χ3v) is 3.83. The van der Waals surface area contributed by atoms with Crippen molar-refractivity contribution in [3.05, 3.63) is 57.9 Å². The molecule has 0 amide bonds. The SMILES string of the molecule is COc1ccc(C)c2c1C(=O)c1c(ccc(F)c1OC)C2=O. The molecule has 5 heteroatoms. The van der Waals surface area contributed by atoms with E-state index in [0.717, 1.165) is 6.07 Å². The van der Waals surface area contributed by atoms with Gasteiger partial charge in [-0.05, 0) is 30.7 Å². The molecule has 0 saturated heterocycles. The van der Waals surface area contributed by atoms with Crippen molar-refractivity contribution < 1.29 is 23.5 Å². The number of carbonyl (C=O) groups is 2. The molecule has 1 aliphatic rings. The van der Waals surface area contributed by atoms with Crippen molar-refractivity contribution >= 4 is 11.6 Å². The van der Waals surface area contributed by atoms with Gasteiger partial charge in [-0.1, -0.05) is 6.07 Å². The van der Waals surface area contributed by atoms with Gasteiger partial charge in [0.2, 0.25) is 5.78 Å². The molecule has 0 fully saturated rings. The molecule has 0 aromatic heterocycles. The highest BCUT2D eigenvalue weighted by Gasteiger charge is 2.36. The Kier molecular flexibility index (Phi) is 3.20. The molecule has 3 rings (SSSR count). The first-order chi connectivity index (χ1) is 10.5. The molecular formula is C17H13FO4. The predicted octanol–water partition coefficient (Wildman–Crippen LogP) is 2.93. The standard InChI is InChI=1S/C17H13FO4/c1-8-4-7-11(21-2)14-12(8)15(19)9-5-6-10(18)17(22-3)13(9)16(14)20/h4-7H,1-3H3. The molecule has 0 atom stereocenters. The Hall–Kier alpha value is -2.69. The maximum absolute atomic E-state index is 13.9. The van der Waals surface area contributed by atoms with Crippen LogP contribution < -0.4 is 9.47 Å². The van der Waals surface area contributed by atoms with Crippen LogP contribution in [0.25, 0.3) is 0 Å². The fourth-order valence-electron chi connectivity index (χ4n) is 2.81. The number of methoxy groups -OCH3 is 2. The van der Waals surface area contributed by atoms with Gasteiger partial charge in [0.05, 0.1) is 25.3 Å². The van der Waals surface area contributed by atoms with E-state index >= 15 is 0 Å². The summed E-state index contributed by atoms with van der Waals surface area (Å²) in [5, 5.41) is 0. The van der Waals surface area contributed by atoms with Crippen molar-refractivity contribution in [1.29, 1.82) is 0 Å². The summed E-state index contributed by atoms with van der Waals surface area (Å²) >= 11 is 0. The molecule has 0 unspecified atom stereocenters. The lowest BCUT2D eigenvalue weighted by Gasteiger charge is -2.22. The Morgan fingerprint density at radius 3 is 2.23 bits per heavy atom. The Labute approximate surface area is 126 Å². The first kappa shape index (κ1) is 14.3. The van der Waals surface area contributed by atoms with Gasteiger partial charge < -0.3 is 9.47 Å². The summed E-state index contributed by atoms with van der Waals surface area (Å²) in [6.45, 7) is 1.75. The summed E-state index contributed by atoms with van der Waals surface area (Å²) in [7, 11) is 2.68. The summed E-state index contributed by atoms with van der Waals surface area (Å²) in [6.07, 6.45) is 0. The van der Waals surface area contributed by atoms with Gasteiger partial charge in [-0.25, -0.2) is 4.39 Å². The molecule has 22 heavy (non-hydrogen) atoms. The number of halogens is 1. The summed E-state index contributed by atoms with van der Waals surface area (Å²) in [4.78, 5) is 25.6. The Morgan fingerprint density at radius 2 is 1.59 bits per heavy atom. The van der Waals surface area contributed by atoms with Crippen LogP contribution in [0.5, 0.6) is 11.5 Å². The molecule has 0 spiro atoms. The van der Waals surface area contributed by atoms with E-state index in [1.807, 2.05) is 0 Å². The van der Waals surface area contributed by atoms with Crippen LogP contribution in [0.2, 0.25) is 0 Å². The van der Waals surface area contributed by atoms with Crippen molar-refractivity contribution in [2.75, 3.05) is 14.2 Å². The number of ketones is 2. The van der Waals surface area contributed by atoms with E-state index in [9.17, 15) is 14.0 Å². The molecule has 1 aliphatic carbocycles. The van der Waals surface area contributed by atoms with Crippen LogP contribution in [0.4, 0.5) is 4.39 Å². The molecule has 2 aromatic rings. The van der Waals surface area contributed by atoms with Crippen LogP contribution in [0, 0.1) is 12.7 Å². The number of carbonyl (C=O) groups excluding carboxylic acids is 2. The highest BCUT2D eigenvalue weighted by Crippen LogP contribution is 2.39. The normalized spacial score (nSPS) is 12.7. The van der Waals surface area contributed by atoms with E-state index in [1.54, 1.807) is 19.1 Å². The highest BCUT2D eigenvalue weighted by atomic mass is 19.1. The zero-order valence-corrected chi connectivity index (χ0v) is 12.3. The van der Waals surface area contributed by atoms with Crippen molar-refractivity contribution in [2.45, 2.75) is 6.92 Å². The van der Waals surface area contributed by atoms with Gasteiger partial charge in [-0.15, -0.1) is 0 Å². The topological polar surface area (TPSA) is 52.6 Å². The molecular weight excluding hydrogens is 287 g/mol. The molecule has 0 saturated carbocycles. The summed E-state index contributed by atoms with van der Waals surface area (Å²) < 4.78 is 24.1. The average molecular weight is 300 g/mol. The smallest absolute Gasteiger partial charge is 0.202 e. The molecule has 0 heterocycles. The van der Waals surface area contributed by atoms with Crippen molar-refractivity contribution in [3.63, 3.8) is 0 Å². The highest BCUT2D eigenvalue weighted by molar-refractivity contribution is 6.30. The number of rotatable bonds is 2. The van der Waals surface area contributed by atoms with E-state index in [2.05, 4.69) is 0 Å². The predicted molar refractivity (Wildman–Crippen MR) is 77.5 cm³/mol. The number of fused-ring (bicyclic) bond motifs is 2. The lowest BCUT2D eigenvalue weighted by Crippen LogP contribution is -2.24. The number of hydrogen-bond acceptors (Lipinski definition) is 4. The second kappa shape index (κ2) is 4.94. The molecule has 0 aliphatic heterocycles. The monoisotopic (exact) mass is 300 g/mol. The van der Waals surface area contributed by atoms with E-state index in [1.165, 1.54) is 20.3 Å². The van der Waals surface area contributed by atoms with Gasteiger partial charge in [0.25, 0.3) is 0 Å². The van der Waals surface area contributed by atoms with Crippen LogP contribution >= 0.6 is 0 Å². The van der Waals surface area contributed by atoms with Gasteiger partial charge in [-0.3, -0.25) is 9.59 Å². The first-order valence-corrected chi connectivity index (χ1v) is 6.64. The van der Waals surface area contributed by atoms with Gasteiger partial charge in [0.15, 0.2) is 17.3 Å². The molecule has 0 radical (unpaired) electrons. The van der Waals surface area contributed by atoms with Gasteiger partial charge >= 0.3 is 0 Å².